The summed E-state index contributed by atoms with van der Waals surface area (Å²) in [5.41, 5.74) is 0.938. The Labute approximate surface area is 120 Å². The van der Waals surface area contributed by atoms with Crippen LogP contribution in [0, 0.1) is 0 Å². The molecule has 18 heavy (non-hydrogen) atoms. The maximum absolute atomic E-state index is 11.7. The van der Waals surface area contributed by atoms with Crippen molar-refractivity contribution >= 4 is 33.4 Å². The molecule has 1 aromatic carbocycles. The normalized spacial score (nSPS) is 18.9. The summed E-state index contributed by atoms with van der Waals surface area (Å²) in [6.07, 6.45) is 2.80. The van der Waals surface area contributed by atoms with E-state index in [4.69, 9.17) is 11.6 Å². The number of nitrogens with one attached hydrogen (secondary N) is 2. The Hall–Kier alpha value is -0.580. The molecule has 0 saturated carbocycles. The lowest BCUT2D eigenvalue weighted by Crippen LogP contribution is -2.31. The first-order chi connectivity index (χ1) is 8.65. The molecule has 0 spiro atoms. The Balaban J connectivity index is 1.81. The summed E-state index contributed by atoms with van der Waals surface area (Å²) in [7, 11) is 0. The van der Waals surface area contributed by atoms with Crippen LogP contribution < -0.4 is 10.6 Å². The molecule has 0 aliphatic carbocycles. The zero-order valence-corrected chi connectivity index (χ0v) is 12.4. The van der Waals surface area contributed by atoms with E-state index < -0.39 is 0 Å². The fourth-order valence-electron chi connectivity index (χ4n) is 2.09. The molecule has 0 aromatic heterocycles. The largest absolute Gasteiger partial charge is 0.352 e. The average molecular weight is 332 g/mol. The van der Waals surface area contributed by atoms with Crippen molar-refractivity contribution < 1.29 is 4.79 Å². The monoisotopic (exact) mass is 330 g/mol. The van der Waals surface area contributed by atoms with E-state index in [1.807, 2.05) is 18.2 Å². The molecule has 2 rings (SSSR count). The highest BCUT2D eigenvalue weighted by molar-refractivity contribution is 9.10. The van der Waals surface area contributed by atoms with E-state index in [0.717, 1.165) is 29.4 Å². The molecule has 98 valence electrons. The zero-order chi connectivity index (χ0) is 13.0. The highest BCUT2D eigenvalue weighted by atomic mass is 79.9. The van der Waals surface area contributed by atoms with Gasteiger partial charge in [-0.1, -0.05) is 33.6 Å². The van der Waals surface area contributed by atoms with Gasteiger partial charge < -0.3 is 10.6 Å². The van der Waals surface area contributed by atoms with Gasteiger partial charge in [0.2, 0.25) is 5.91 Å². The van der Waals surface area contributed by atoms with Crippen molar-refractivity contribution in [3.05, 3.63) is 33.3 Å². The molecule has 3 nitrogen and oxygen atoms in total. The zero-order valence-electron chi connectivity index (χ0n) is 10.0. The molecule has 5 heteroatoms. The second-order valence-corrected chi connectivity index (χ2v) is 5.83. The Bertz CT molecular complexity index is 433. The van der Waals surface area contributed by atoms with E-state index in [9.17, 15) is 4.79 Å². The van der Waals surface area contributed by atoms with Gasteiger partial charge in [0.1, 0.15) is 0 Å². The Morgan fingerprint density at radius 2 is 2.39 bits per heavy atom. The minimum atomic E-state index is 0.0772. The first-order valence-corrected chi connectivity index (χ1v) is 7.26. The van der Waals surface area contributed by atoms with Gasteiger partial charge in [0.15, 0.2) is 0 Å². The molecule has 1 atom stereocenters. The van der Waals surface area contributed by atoms with E-state index in [1.165, 1.54) is 0 Å². The van der Waals surface area contributed by atoms with Gasteiger partial charge >= 0.3 is 0 Å². The molecule has 2 N–H and O–H groups in total. The quantitative estimate of drug-likeness (QED) is 0.891. The molecule has 1 aromatic rings. The van der Waals surface area contributed by atoms with Crippen LogP contribution in [0.2, 0.25) is 5.02 Å². The molecule has 1 aliphatic heterocycles. The lowest BCUT2D eigenvalue weighted by Gasteiger charge is -2.11. The Kier molecular flexibility index (Phi) is 5.03. The van der Waals surface area contributed by atoms with Crippen LogP contribution in [0.5, 0.6) is 0 Å². The van der Waals surface area contributed by atoms with Gasteiger partial charge in [0.05, 0.1) is 0 Å². The van der Waals surface area contributed by atoms with Crippen LogP contribution in [-0.2, 0) is 11.3 Å². The van der Waals surface area contributed by atoms with Gasteiger partial charge in [-0.25, -0.2) is 0 Å². The topological polar surface area (TPSA) is 41.1 Å². The third-order valence-corrected chi connectivity index (χ3v) is 3.93. The third kappa shape index (κ3) is 3.97. The number of amides is 1. The summed E-state index contributed by atoms with van der Waals surface area (Å²) in [6, 6.07) is 6.01. The van der Waals surface area contributed by atoms with E-state index in [0.29, 0.717) is 24.0 Å². The number of halogens is 2. The molecule has 0 radical (unpaired) electrons. The van der Waals surface area contributed by atoms with Crippen LogP contribution in [0.25, 0.3) is 0 Å². The van der Waals surface area contributed by atoms with Gasteiger partial charge in [0, 0.05) is 28.5 Å². The fourth-order valence-corrected chi connectivity index (χ4v) is 2.83. The Morgan fingerprint density at radius 3 is 3.06 bits per heavy atom. The van der Waals surface area contributed by atoms with Gasteiger partial charge in [0.25, 0.3) is 0 Å². The third-order valence-electron chi connectivity index (χ3n) is 3.09. The van der Waals surface area contributed by atoms with Gasteiger partial charge in [-0.15, -0.1) is 0 Å². The highest BCUT2D eigenvalue weighted by Crippen LogP contribution is 2.21. The Morgan fingerprint density at radius 1 is 1.56 bits per heavy atom. The highest BCUT2D eigenvalue weighted by Gasteiger charge is 2.17. The summed E-state index contributed by atoms with van der Waals surface area (Å²) in [5.74, 6) is 0.0772. The van der Waals surface area contributed by atoms with Crippen molar-refractivity contribution in [1.29, 1.82) is 0 Å². The van der Waals surface area contributed by atoms with Crippen LogP contribution in [0.3, 0.4) is 0 Å². The van der Waals surface area contributed by atoms with E-state index in [2.05, 4.69) is 26.6 Å². The van der Waals surface area contributed by atoms with Crippen LogP contribution in [-0.4, -0.2) is 18.5 Å². The standard InChI is InChI=1S/C13H16BrClN2O/c14-10-4-3-9(12(15)6-10)8-17-13(18)7-11-2-1-5-16-11/h3-4,6,11,16H,1-2,5,7-8H2,(H,17,18). The maximum Gasteiger partial charge on any atom is 0.221 e. The second-order valence-electron chi connectivity index (χ2n) is 4.51. The van der Waals surface area contributed by atoms with Crippen LogP contribution >= 0.6 is 27.5 Å². The van der Waals surface area contributed by atoms with Crippen molar-refractivity contribution in [1.82, 2.24) is 10.6 Å². The number of benzene rings is 1. The molecular weight excluding hydrogens is 316 g/mol. The smallest absolute Gasteiger partial charge is 0.221 e. The van der Waals surface area contributed by atoms with Gasteiger partial charge in [-0.2, -0.15) is 0 Å². The molecule has 1 fully saturated rings. The number of carbonyl (C=O) groups is 1. The molecule has 1 aliphatic rings. The average Bonchev–Trinajstić information content (AvgIpc) is 2.80. The predicted molar refractivity (Wildman–Crippen MR) is 76.6 cm³/mol. The number of carbonyl (C=O) groups excluding carboxylic acids is 1. The fraction of sp³-hybridized carbons (Fsp3) is 0.462. The number of rotatable bonds is 4. The minimum absolute atomic E-state index is 0.0772. The van der Waals surface area contributed by atoms with E-state index in [-0.39, 0.29) is 5.91 Å². The lowest BCUT2D eigenvalue weighted by atomic mass is 10.1. The summed E-state index contributed by atoms with van der Waals surface area (Å²) >= 11 is 9.44. The summed E-state index contributed by atoms with van der Waals surface area (Å²) in [6.45, 7) is 1.51. The first-order valence-electron chi connectivity index (χ1n) is 6.09. The molecule has 1 heterocycles. The van der Waals surface area contributed by atoms with Crippen LogP contribution in [0.1, 0.15) is 24.8 Å². The van der Waals surface area contributed by atoms with Crippen molar-refractivity contribution in [2.24, 2.45) is 0 Å². The molecule has 1 saturated heterocycles. The molecule has 0 bridgehead atoms. The summed E-state index contributed by atoms with van der Waals surface area (Å²) < 4.78 is 0.942. The number of hydrogen-bond donors (Lipinski definition) is 2. The summed E-state index contributed by atoms with van der Waals surface area (Å²) in [5, 5.41) is 6.89. The molecule has 1 amide bonds. The minimum Gasteiger partial charge on any atom is -0.352 e. The van der Waals surface area contributed by atoms with Crippen molar-refractivity contribution in [3.63, 3.8) is 0 Å². The predicted octanol–water partition coefficient (Wildman–Crippen LogP) is 2.86. The van der Waals surface area contributed by atoms with Crippen LogP contribution in [0.4, 0.5) is 0 Å². The SMILES string of the molecule is O=C(CC1CCCN1)NCc1ccc(Br)cc1Cl. The van der Waals surface area contributed by atoms with Crippen molar-refractivity contribution in [2.75, 3.05) is 6.54 Å². The first kappa shape index (κ1) is 13.8. The summed E-state index contributed by atoms with van der Waals surface area (Å²) in [4.78, 5) is 11.7. The van der Waals surface area contributed by atoms with Crippen LogP contribution in [0.15, 0.2) is 22.7 Å². The van der Waals surface area contributed by atoms with E-state index >= 15 is 0 Å². The van der Waals surface area contributed by atoms with Gasteiger partial charge in [-0.05, 0) is 37.1 Å². The maximum atomic E-state index is 11.7. The second kappa shape index (κ2) is 6.55. The molecular formula is C13H16BrClN2O. The molecule has 1 unspecified atom stereocenters. The van der Waals surface area contributed by atoms with Crippen molar-refractivity contribution in [3.8, 4) is 0 Å². The lowest BCUT2D eigenvalue weighted by molar-refractivity contribution is -0.121. The van der Waals surface area contributed by atoms with Crippen molar-refractivity contribution in [2.45, 2.75) is 31.8 Å². The van der Waals surface area contributed by atoms with Gasteiger partial charge in [-0.3, -0.25) is 4.79 Å². The number of hydrogen-bond acceptors (Lipinski definition) is 2. The van der Waals surface area contributed by atoms with E-state index in [1.54, 1.807) is 0 Å².